The second-order valence-electron chi connectivity index (χ2n) is 6.26. The molecule has 1 saturated heterocycles. The number of hydrogen-bond donors (Lipinski definition) is 2. The molecule has 0 radical (unpaired) electrons. The van der Waals surface area contributed by atoms with Crippen LogP contribution in [-0.4, -0.2) is 31.6 Å². The standard InChI is InChI=1S/C15H28F2N2/c1-2-3-4-5-11-9-18-15(19-10-11)12-6-7-13(16)14(17)8-12/h11-15,18-19H,2-10H2,1H3. The van der Waals surface area contributed by atoms with Crippen LogP contribution in [0.3, 0.4) is 0 Å². The summed E-state index contributed by atoms with van der Waals surface area (Å²) in [6, 6.07) is 0. The Morgan fingerprint density at radius 1 is 1.00 bits per heavy atom. The lowest BCUT2D eigenvalue weighted by Gasteiger charge is -2.39. The third-order valence-corrected chi connectivity index (χ3v) is 4.67. The first-order valence-corrected chi connectivity index (χ1v) is 7.95. The van der Waals surface area contributed by atoms with E-state index in [1.807, 2.05) is 0 Å². The zero-order chi connectivity index (χ0) is 13.7. The van der Waals surface area contributed by atoms with E-state index in [1.54, 1.807) is 0 Å². The zero-order valence-corrected chi connectivity index (χ0v) is 12.0. The van der Waals surface area contributed by atoms with Crippen molar-refractivity contribution in [1.29, 1.82) is 0 Å². The van der Waals surface area contributed by atoms with Crippen molar-refractivity contribution in [2.45, 2.75) is 70.4 Å². The molecular weight excluding hydrogens is 246 g/mol. The highest BCUT2D eigenvalue weighted by Crippen LogP contribution is 2.31. The van der Waals surface area contributed by atoms with Crippen molar-refractivity contribution < 1.29 is 8.78 Å². The van der Waals surface area contributed by atoms with Gasteiger partial charge in [0.1, 0.15) is 12.3 Å². The van der Waals surface area contributed by atoms with Crippen LogP contribution in [0.25, 0.3) is 0 Å². The van der Waals surface area contributed by atoms with Gasteiger partial charge in [-0.25, -0.2) is 8.78 Å². The van der Waals surface area contributed by atoms with Crippen LogP contribution in [0, 0.1) is 11.8 Å². The maximum absolute atomic E-state index is 13.4. The first kappa shape index (κ1) is 15.2. The molecule has 2 aliphatic rings. The number of alkyl halides is 2. The van der Waals surface area contributed by atoms with Crippen molar-refractivity contribution >= 4 is 0 Å². The highest BCUT2D eigenvalue weighted by Gasteiger charge is 2.35. The summed E-state index contributed by atoms with van der Waals surface area (Å²) in [5, 5.41) is 7.00. The summed E-state index contributed by atoms with van der Waals surface area (Å²) < 4.78 is 26.6. The molecule has 1 aliphatic heterocycles. The smallest absolute Gasteiger partial charge is 0.132 e. The maximum Gasteiger partial charge on any atom is 0.132 e. The molecule has 1 heterocycles. The van der Waals surface area contributed by atoms with Crippen LogP contribution in [0.1, 0.15) is 51.9 Å². The first-order valence-electron chi connectivity index (χ1n) is 7.95. The van der Waals surface area contributed by atoms with E-state index in [1.165, 1.54) is 25.7 Å². The molecule has 3 atom stereocenters. The Morgan fingerprint density at radius 3 is 2.37 bits per heavy atom. The summed E-state index contributed by atoms with van der Waals surface area (Å²) in [7, 11) is 0. The second-order valence-corrected chi connectivity index (χ2v) is 6.26. The van der Waals surface area contributed by atoms with Gasteiger partial charge in [-0.15, -0.1) is 0 Å². The van der Waals surface area contributed by atoms with Gasteiger partial charge in [-0.1, -0.05) is 26.2 Å². The number of rotatable bonds is 5. The van der Waals surface area contributed by atoms with Crippen molar-refractivity contribution in [1.82, 2.24) is 10.6 Å². The van der Waals surface area contributed by atoms with E-state index in [-0.39, 0.29) is 12.1 Å². The van der Waals surface area contributed by atoms with Gasteiger partial charge in [0.2, 0.25) is 0 Å². The van der Waals surface area contributed by atoms with Crippen molar-refractivity contribution in [3.63, 3.8) is 0 Å². The fourth-order valence-electron chi connectivity index (χ4n) is 3.36. The van der Waals surface area contributed by atoms with Crippen molar-refractivity contribution in [3.8, 4) is 0 Å². The van der Waals surface area contributed by atoms with Gasteiger partial charge >= 0.3 is 0 Å². The number of halogens is 2. The summed E-state index contributed by atoms with van der Waals surface area (Å²) in [5.74, 6) is 0.945. The molecular formula is C15H28F2N2. The highest BCUT2D eigenvalue weighted by atomic mass is 19.2. The maximum atomic E-state index is 13.4. The summed E-state index contributed by atoms with van der Waals surface area (Å²) >= 11 is 0. The SMILES string of the molecule is CCCCCC1CNC(C2CCC(F)C(F)C2)NC1. The Morgan fingerprint density at radius 2 is 1.74 bits per heavy atom. The van der Waals surface area contributed by atoms with Gasteiger partial charge < -0.3 is 10.6 Å². The average Bonchev–Trinajstić information content (AvgIpc) is 2.43. The van der Waals surface area contributed by atoms with E-state index in [0.717, 1.165) is 19.5 Å². The van der Waals surface area contributed by atoms with Gasteiger partial charge in [0.05, 0.1) is 6.17 Å². The van der Waals surface area contributed by atoms with Crippen LogP contribution in [0.4, 0.5) is 8.78 Å². The summed E-state index contributed by atoms with van der Waals surface area (Å²) in [6.45, 7) is 4.27. The van der Waals surface area contributed by atoms with E-state index in [4.69, 9.17) is 0 Å². The fraction of sp³-hybridized carbons (Fsp3) is 1.00. The van der Waals surface area contributed by atoms with E-state index in [0.29, 0.717) is 18.8 Å². The van der Waals surface area contributed by atoms with Crippen LogP contribution >= 0.6 is 0 Å². The number of nitrogens with one attached hydrogen (secondary N) is 2. The van der Waals surface area contributed by atoms with E-state index in [9.17, 15) is 8.78 Å². The minimum absolute atomic E-state index is 0.188. The molecule has 0 aromatic rings. The van der Waals surface area contributed by atoms with Crippen LogP contribution in [0.2, 0.25) is 0 Å². The highest BCUT2D eigenvalue weighted by molar-refractivity contribution is 4.88. The minimum Gasteiger partial charge on any atom is -0.301 e. The van der Waals surface area contributed by atoms with Crippen LogP contribution in [0.15, 0.2) is 0 Å². The van der Waals surface area contributed by atoms with Gasteiger partial charge in [0.15, 0.2) is 0 Å². The average molecular weight is 274 g/mol. The van der Waals surface area contributed by atoms with Crippen LogP contribution in [-0.2, 0) is 0 Å². The lowest BCUT2D eigenvalue weighted by Crippen LogP contribution is -2.57. The molecule has 0 aromatic carbocycles. The molecule has 0 aromatic heterocycles. The van der Waals surface area contributed by atoms with E-state index >= 15 is 0 Å². The fourth-order valence-corrected chi connectivity index (χ4v) is 3.36. The molecule has 2 rings (SSSR count). The third kappa shape index (κ3) is 4.38. The molecule has 3 unspecified atom stereocenters. The third-order valence-electron chi connectivity index (χ3n) is 4.67. The minimum atomic E-state index is -1.26. The van der Waals surface area contributed by atoms with E-state index in [2.05, 4.69) is 17.6 Å². The monoisotopic (exact) mass is 274 g/mol. The Balaban J connectivity index is 1.68. The summed E-state index contributed by atoms with van der Waals surface area (Å²) in [6.07, 6.45) is 4.38. The summed E-state index contributed by atoms with van der Waals surface area (Å²) in [4.78, 5) is 0. The van der Waals surface area contributed by atoms with Crippen LogP contribution < -0.4 is 10.6 Å². The molecule has 0 spiro atoms. The molecule has 2 fully saturated rings. The Labute approximate surface area is 115 Å². The summed E-state index contributed by atoms with van der Waals surface area (Å²) in [5.41, 5.74) is 0. The lowest BCUT2D eigenvalue weighted by atomic mass is 9.83. The number of hydrogen-bond acceptors (Lipinski definition) is 2. The normalized spacial score (nSPS) is 40.3. The lowest BCUT2D eigenvalue weighted by molar-refractivity contribution is 0.0631. The second kappa shape index (κ2) is 7.53. The topological polar surface area (TPSA) is 24.1 Å². The van der Waals surface area contributed by atoms with E-state index < -0.39 is 12.3 Å². The molecule has 4 heteroatoms. The van der Waals surface area contributed by atoms with Gasteiger partial charge in [0, 0.05) is 13.1 Å². The molecule has 2 nitrogen and oxygen atoms in total. The van der Waals surface area contributed by atoms with Crippen molar-refractivity contribution in [2.24, 2.45) is 11.8 Å². The predicted octanol–water partition coefficient (Wildman–Crippen LogP) is 3.18. The molecule has 1 saturated carbocycles. The predicted molar refractivity (Wildman–Crippen MR) is 74.6 cm³/mol. The van der Waals surface area contributed by atoms with Gasteiger partial charge in [-0.05, 0) is 37.5 Å². The number of unbranched alkanes of at least 4 members (excludes halogenated alkanes) is 2. The molecule has 19 heavy (non-hydrogen) atoms. The Bertz CT molecular complexity index is 255. The molecule has 0 amide bonds. The van der Waals surface area contributed by atoms with Crippen molar-refractivity contribution in [2.75, 3.05) is 13.1 Å². The largest absolute Gasteiger partial charge is 0.301 e. The molecule has 1 aliphatic carbocycles. The Hall–Kier alpha value is -0.220. The Kier molecular flexibility index (Phi) is 6.02. The molecule has 112 valence electrons. The van der Waals surface area contributed by atoms with Crippen LogP contribution in [0.5, 0.6) is 0 Å². The van der Waals surface area contributed by atoms with Gasteiger partial charge in [0.25, 0.3) is 0 Å². The first-order chi connectivity index (χ1) is 9.20. The van der Waals surface area contributed by atoms with Gasteiger partial charge in [-0.2, -0.15) is 0 Å². The molecule has 0 bridgehead atoms. The quantitative estimate of drug-likeness (QED) is 0.752. The zero-order valence-electron chi connectivity index (χ0n) is 12.0. The van der Waals surface area contributed by atoms with Gasteiger partial charge in [-0.3, -0.25) is 0 Å². The van der Waals surface area contributed by atoms with Crippen molar-refractivity contribution in [3.05, 3.63) is 0 Å². The molecule has 2 N–H and O–H groups in total.